The summed E-state index contributed by atoms with van der Waals surface area (Å²) >= 11 is 0. The zero-order valence-corrected chi connectivity index (χ0v) is 49.9. The van der Waals surface area contributed by atoms with Crippen LogP contribution in [0.2, 0.25) is 0 Å². The molecular weight excluding hydrogens is 1180 g/mol. The van der Waals surface area contributed by atoms with E-state index in [2.05, 4.69) is 37.2 Å². The number of aliphatic hydroxyl groups excluding tert-OH is 2. The highest BCUT2D eigenvalue weighted by Gasteiger charge is 2.54. The molecule has 10 atom stereocenters. The molecule has 5 aromatic carbocycles. The molecule has 482 valence electrons. The number of carbonyl (C=O) groups excluding carboxylic acids is 8. The van der Waals surface area contributed by atoms with Crippen LogP contribution in [0.4, 0.5) is 5.69 Å². The molecule has 1 spiro atoms. The van der Waals surface area contributed by atoms with Crippen LogP contribution in [-0.4, -0.2) is 145 Å². The van der Waals surface area contributed by atoms with E-state index in [0.29, 0.717) is 45.0 Å². The quantitative estimate of drug-likeness (QED) is 0.0165. The second-order valence-corrected chi connectivity index (χ2v) is 22.5. The van der Waals surface area contributed by atoms with Crippen molar-refractivity contribution in [2.45, 2.75) is 139 Å². The molecule has 7 amide bonds. The lowest BCUT2D eigenvalue weighted by Gasteiger charge is -2.36. The van der Waals surface area contributed by atoms with E-state index in [4.69, 9.17) is 20.9 Å². The Kier molecular flexibility index (Phi) is 23.1. The van der Waals surface area contributed by atoms with Gasteiger partial charge in [-0.1, -0.05) is 98.8 Å². The van der Waals surface area contributed by atoms with Crippen LogP contribution in [0.15, 0.2) is 121 Å². The fourth-order valence-corrected chi connectivity index (χ4v) is 10.6. The predicted octanol–water partition coefficient (Wildman–Crippen LogP) is 1.63. The maximum Gasteiger partial charge on any atom is 0.340 e. The first-order chi connectivity index (χ1) is 43.2. The summed E-state index contributed by atoms with van der Waals surface area (Å²) in [6.07, 6.45) is -6.55. The van der Waals surface area contributed by atoms with E-state index in [1.807, 2.05) is 0 Å². The van der Waals surface area contributed by atoms with Gasteiger partial charge in [-0.05, 0) is 86.4 Å². The average Bonchev–Trinajstić information content (AvgIpc) is 1.63. The first kappa shape index (κ1) is 68.2. The number of aliphatic carboxylic acids is 3. The number of anilines is 1. The summed E-state index contributed by atoms with van der Waals surface area (Å²) in [6, 6.07) is 22.7. The minimum Gasteiger partial charge on any atom is -0.481 e. The van der Waals surface area contributed by atoms with Crippen molar-refractivity contribution in [2.75, 3.05) is 5.73 Å². The minimum atomic E-state index is -1.73. The molecule has 0 saturated carbocycles. The van der Waals surface area contributed by atoms with Gasteiger partial charge in [0.05, 0.1) is 30.2 Å². The number of amides is 7. The number of aliphatic hydroxyl groups is 2. The Balaban J connectivity index is 1.00. The average molecular weight is 1260 g/mol. The number of primary amides is 1. The lowest BCUT2D eigenvalue weighted by Crippen LogP contribution is -2.60. The monoisotopic (exact) mass is 1260 g/mol. The van der Waals surface area contributed by atoms with Gasteiger partial charge in [0.15, 0.2) is 5.60 Å². The Morgan fingerprint density at radius 3 is 1.71 bits per heavy atom. The molecule has 0 aromatic heterocycles. The van der Waals surface area contributed by atoms with Crippen LogP contribution in [0.3, 0.4) is 0 Å². The SMILES string of the molecule is CC(C)[C@H](NC(=O)[C@H](CCC(=O)O)NC(=O)c1ccc2c(c1)C(=O)OC21c2ccccc2Oc2cc(N)ccc21)C(=O)N[C@@H](CC(N)=O)C(=O)N[C@@H](Cc1ccccc1)[C@@H](O)CCC(O)N[C@@H](C)C(=O)N[C@@H](CCC(=O)O)C(=O)N[C@@H](Cc1ccccc1)C(=O)O. The molecule has 0 fully saturated rings. The number of hydrogen-bond donors (Lipinski definition) is 14. The third kappa shape index (κ3) is 17.8. The first-order valence-corrected chi connectivity index (χ1v) is 29.3. The van der Waals surface area contributed by atoms with Crippen molar-refractivity contribution in [1.82, 2.24) is 37.2 Å². The van der Waals surface area contributed by atoms with Crippen molar-refractivity contribution in [3.8, 4) is 11.5 Å². The number of benzene rings is 5. The summed E-state index contributed by atoms with van der Waals surface area (Å²) in [5.41, 5.74) is 13.0. The number of nitrogen functional groups attached to an aromatic ring is 1. The maximum atomic E-state index is 14.2. The van der Waals surface area contributed by atoms with E-state index in [1.165, 1.54) is 39.0 Å². The van der Waals surface area contributed by atoms with Crippen LogP contribution in [0, 0.1) is 5.92 Å². The second-order valence-electron chi connectivity index (χ2n) is 22.5. The van der Waals surface area contributed by atoms with Crippen molar-refractivity contribution in [2.24, 2.45) is 11.7 Å². The molecular formula is C64H73N9O18. The number of rotatable bonds is 32. The number of fused-ring (bicyclic) bond motifs is 6. The van der Waals surface area contributed by atoms with Crippen LogP contribution in [0.1, 0.15) is 114 Å². The summed E-state index contributed by atoms with van der Waals surface area (Å²) < 4.78 is 12.3. The summed E-state index contributed by atoms with van der Waals surface area (Å²) in [5, 5.41) is 69.1. The van der Waals surface area contributed by atoms with E-state index < -0.39 is 163 Å². The molecule has 27 heteroatoms. The molecule has 7 rings (SSSR count). The number of carboxylic acids is 3. The van der Waals surface area contributed by atoms with Crippen LogP contribution in [0.25, 0.3) is 0 Å². The highest BCUT2D eigenvalue weighted by molar-refractivity contribution is 6.03. The molecule has 2 heterocycles. The molecule has 2 aliphatic rings. The Hall–Kier alpha value is -10.3. The normalized spacial score (nSPS) is 16.6. The molecule has 2 aliphatic heterocycles. The molecule has 0 bridgehead atoms. The highest BCUT2D eigenvalue weighted by atomic mass is 16.6. The van der Waals surface area contributed by atoms with E-state index >= 15 is 0 Å². The summed E-state index contributed by atoms with van der Waals surface area (Å²) in [4.78, 5) is 145. The van der Waals surface area contributed by atoms with Crippen molar-refractivity contribution < 1.29 is 87.7 Å². The number of hydrogen-bond acceptors (Lipinski definition) is 17. The maximum absolute atomic E-state index is 14.2. The van der Waals surface area contributed by atoms with Gasteiger partial charge < -0.3 is 78.4 Å². The smallest absolute Gasteiger partial charge is 0.340 e. The van der Waals surface area contributed by atoms with E-state index in [-0.39, 0.29) is 36.8 Å². The Bertz CT molecular complexity index is 3540. The van der Waals surface area contributed by atoms with Gasteiger partial charge >= 0.3 is 23.9 Å². The summed E-state index contributed by atoms with van der Waals surface area (Å²) in [5.74, 6) is -11.6. The van der Waals surface area contributed by atoms with Gasteiger partial charge in [-0.25, -0.2) is 9.59 Å². The number of carboxylic acid groups (broad SMARTS) is 3. The van der Waals surface area contributed by atoms with Crippen molar-refractivity contribution in [3.63, 3.8) is 0 Å². The zero-order chi connectivity index (χ0) is 66.3. The third-order valence-electron chi connectivity index (χ3n) is 15.4. The van der Waals surface area contributed by atoms with Gasteiger partial charge in [0, 0.05) is 53.3 Å². The van der Waals surface area contributed by atoms with Gasteiger partial charge in [-0.3, -0.25) is 48.5 Å². The Morgan fingerprint density at radius 1 is 0.549 bits per heavy atom. The van der Waals surface area contributed by atoms with Gasteiger partial charge in [0.1, 0.15) is 47.9 Å². The lowest BCUT2D eigenvalue weighted by molar-refractivity contribution is -0.143. The molecule has 5 aromatic rings. The summed E-state index contributed by atoms with van der Waals surface area (Å²) in [7, 11) is 0. The van der Waals surface area contributed by atoms with Crippen LogP contribution in [0.5, 0.6) is 11.5 Å². The highest BCUT2D eigenvalue weighted by Crippen LogP contribution is 2.56. The molecule has 0 saturated heterocycles. The fraction of sp³-hybridized carbons (Fsp3) is 0.359. The van der Waals surface area contributed by atoms with Crippen LogP contribution < -0.4 is 53.4 Å². The summed E-state index contributed by atoms with van der Waals surface area (Å²) in [6.45, 7) is 4.39. The second kappa shape index (κ2) is 30.8. The molecule has 0 aliphatic carbocycles. The van der Waals surface area contributed by atoms with E-state index in [1.54, 1.807) is 103 Å². The largest absolute Gasteiger partial charge is 0.481 e. The van der Waals surface area contributed by atoms with Crippen molar-refractivity contribution >= 4 is 70.9 Å². The number of nitrogens with two attached hydrogens (primary N) is 2. The first-order valence-electron chi connectivity index (χ1n) is 29.3. The van der Waals surface area contributed by atoms with Crippen LogP contribution >= 0.6 is 0 Å². The number of carbonyl (C=O) groups is 11. The molecule has 91 heavy (non-hydrogen) atoms. The fourth-order valence-electron chi connectivity index (χ4n) is 10.6. The predicted molar refractivity (Wildman–Crippen MR) is 324 cm³/mol. The lowest BCUT2D eigenvalue weighted by atomic mass is 9.77. The topological polar surface area (TPSA) is 444 Å². The van der Waals surface area contributed by atoms with Gasteiger partial charge in [-0.15, -0.1) is 0 Å². The number of nitrogens with one attached hydrogen (secondary N) is 7. The molecule has 0 radical (unpaired) electrons. The Morgan fingerprint density at radius 2 is 1.10 bits per heavy atom. The van der Waals surface area contributed by atoms with Gasteiger partial charge in [0.25, 0.3) is 5.91 Å². The molecule has 2 unspecified atom stereocenters. The van der Waals surface area contributed by atoms with Gasteiger partial charge in [0.2, 0.25) is 35.4 Å². The standard InChI is InChI=1S/C64H73N9O18/c1-33(2)55(73-59(84)44(23-27-54(79)80)69-57(82)37-18-20-40-39(30-37)63(89)91-64(40)41-16-10-11-17-49(41)90-50-31-38(65)19-21-42(50)64)61(86)71-46(32-51(66)75)60(85)70-45(28-35-12-6-4-7-13-35)48(74)24-25-52(76)67-34(3)56(81)68-43(22-26-53(77)78)58(83)72-47(62(87)88)29-36-14-8-5-9-15-36/h4-21,30-31,33-34,43-48,52,55,67,74,76H,22-29,32,65H2,1-3H3,(H2,66,75)(H,68,81)(H,69,82)(H,70,85)(H,71,86)(H,72,83)(H,73,84)(H,77,78)(H,79,80)(H,87,88)/t34-,43-,44-,45-,46-,47-,48-,52?,55-,64?/m0/s1. The van der Waals surface area contributed by atoms with Crippen molar-refractivity contribution in [1.29, 1.82) is 0 Å². The number of para-hydroxylation sites is 1. The Labute approximate surface area is 522 Å². The number of ether oxygens (including phenoxy) is 2. The minimum absolute atomic E-state index is 0.0102. The van der Waals surface area contributed by atoms with Crippen molar-refractivity contribution in [3.05, 3.63) is 160 Å². The van der Waals surface area contributed by atoms with Crippen LogP contribution in [-0.2, 0) is 66.3 Å². The van der Waals surface area contributed by atoms with E-state index in [0.717, 1.165) is 0 Å². The third-order valence-corrected chi connectivity index (χ3v) is 15.4. The molecule has 16 N–H and O–H groups in total. The number of esters is 1. The van der Waals surface area contributed by atoms with E-state index in [9.17, 15) is 78.3 Å². The molecule has 27 nitrogen and oxygen atoms in total. The zero-order valence-electron chi connectivity index (χ0n) is 49.9. The van der Waals surface area contributed by atoms with Gasteiger partial charge in [-0.2, -0.15) is 0 Å².